The Balaban J connectivity index is 0.00000225. The molecule has 0 saturated carbocycles. The fraction of sp³-hybridized carbons (Fsp3) is 0.526. The van der Waals surface area contributed by atoms with E-state index >= 15 is 0 Å². The van der Waals surface area contributed by atoms with E-state index in [1.165, 1.54) is 22.2 Å². The van der Waals surface area contributed by atoms with Gasteiger partial charge in [0.05, 0.1) is 0 Å². The van der Waals surface area contributed by atoms with Crippen molar-refractivity contribution in [1.82, 2.24) is 15.2 Å². The molecule has 0 aliphatic carbocycles. The van der Waals surface area contributed by atoms with Gasteiger partial charge in [0.25, 0.3) is 0 Å². The van der Waals surface area contributed by atoms with Crippen LogP contribution in [-0.4, -0.2) is 53.0 Å². The Morgan fingerprint density at radius 3 is 2.84 bits per heavy atom. The molecular weight excluding hydrogens is 443 g/mol. The number of guanidine groups is 1. The van der Waals surface area contributed by atoms with Gasteiger partial charge in [-0.05, 0) is 38.8 Å². The van der Waals surface area contributed by atoms with Crippen LogP contribution in [-0.2, 0) is 6.42 Å². The Kier molecular flexibility index (Phi) is 7.08. The van der Waals surface area contributed by atoms with Gasteiger partial charge in [-0.25, -0.2) is 0 Å². The maximum Gasteiger partial charge on any atom is 0.193 e. The van der Waals surface area contributed by atoms with Gasteiger partial charge in [0, 0.05) is 53.8 Å². The molecule has 1 aromatic carbocycles. The minimum Gasteiger partial charge on any atom is -0.358 e. The first-order valence-corrected chi connectivity index (χ1v) is 9.64. The predicted molar refractivity (Wildman–Crippen MR) is 122 cm³/mol. The third-order valence-corrected chi connectivity index (χ3v) is 5.92. The van der Waals surface area contributed by atoms with Gasteiger partial charge in [-0.1, -0.05) is 18.2 Å². The van der Waals surface area contributed by atoms with Crippen LogP contribution >= 0.6 is 35.7 Å². The van der Waals surface area contributed by atoms with E-state index in [0.29, 0.717) is 4.75 Å². The van der Waals surface area contributed by atoms with E-state index in [0.717, 1.165) is 37.8 Å². The van der Waals surface area contributed by atoms with Crippen LogP contribution in [0, 0.1) is 6.92 Å². The number of aromatic nitrogens is 1. The zero-order valence-electron chi connectivity index (χ0n) is 15.6. The minimum absolute atomic E-state index is 0. The summed E-state index contributed by atoms with van der Waals surface area (Å²) in [7, 11) is 1.88. The molecule has 0 spiro atoms. The second kappa shape index (κ2) is 8.66. The van der Waals surface area contributed by atoms with E-state index in [2.05, 4.69) is 65.2 Å². The molecule has 0 amide bonds. The van der Waals surface area contributed by atoms with Gasteiger partial charge < -0.3 is 15.2 Å². The van der Waals surface area contributed by atoms with Gasteiger partial charge in [0.2, 0.25) is 0 Å². The topological polar surface area (TPSA) is 43.4 Å². The lowest BCUT2D eigenvalue weighted by atomic mass is 10.1. The van der Waals surface area contributed by atoms with Crippen molar-refractivity contribution in [2.24, 2.45) is 4.99 Å². The van der Waals surface area contributed by atoms with Crippen molar-refractivity contribution in [1.29, 1.82) is 0 Å². The molecule has 1 fully saturated rings. The summed E-state index contributed by atoms with van der Waals surface area (Å²) in [5.74, 6) is 2.19. The number of halogens is 1. The molecule has 25 heavy (non-hydrogen) atoms. The average Bonchev–Trinajstić information content (AvgIpc) is 2.86. The van der Waals surface area contributed by atoms with Gasteiger partial charge in [-0.3, -0.25) is 4.99 Å². The van der Waals surface area contributed by atoms with E-state index in [1.807, 2.05) is 18.8 Å². The van der Waals surface area contributed by atoms with E-state index in [1.54, 1.807) is 0 Å². The average molecular weight is 472 g/mol. The highest BCUT2D eigenvalue weighted by molar-refractivity contribution is 14.0. The molecule has 1 saturated heterocycles. The van der Waals surface area contributed by atoms with Crippen molar-refractivity contribution in [3.63, 3.8) is 0 Å². The molecule has 0 unspecified atom stereocenters. The Hall–Kier alpha value is -0.890. The molecular formula is C19H29IN4S. The van der Waals surface area contributed by atoms with E-state index in [-0.39, 0.29) is 24.0 Å². The molecule has 6 heteroatoms. The van der Waals surface area contributed by atoms with E-state index < -0.39 is 0 Å². The van der Waals surface area contributed by atoms with Crippen LogP contribution in [0.25, 0.3) is 10.9 Å². The van der Waals surface area contributed by atoms with Crippen LogP contribution in [0.3, 0.4) is 0 Å². The first-order chi connectivity index (χ1) is 11.5. The largest absolute Gasteiger partial charge is 0.358 e. The number of nitrogens with one attached hydrogen (secondary N) is 2. The van der Waals surface area contributed by atoms with Crippen LogP contribution in [0.2, 0.25) is 0 Å². The van der Waals surface area contributed by atoms with Crippen molar-refractivity contribution < 1.29 is 0 Å². The first-order valence-electron chi connectivity index (χ1n) is 8.66. The molecule has 0 radical (unpaired) electrons. The molecule has 1 aliphatic heterocycles. The number of para-hydroxylation sites is 1. The number of benzene rings is 1. The molecule has 0 bridgehead atoms. The van der Waals surface area contributed by atoms with Crippen molar-refractivity contribution >= 4 is 52.6 Å². The lowest BCUT2D eigenvalue weighted by Crippen LogP contribution is -2.51. The lowest BCUT2D eigenvalue weighted by Gasteiger charge is -2.39. The number of hydrogen-bond donors (Lipinski definition) is 2. The number of H-pyrrole nitrogens is 1. The Morgan fingerprint density at radius 2 is 2.12 bits per heavy atom. The summed E-state index contributed by atoms with van der Waals surface area (Å²) in [6, 6.07) is 8.54. The maximum absolute atomic E-state index is 4.50. The highest BCUT2D eigenvalue weighted by atomic mass is 127. The lowest BCUT2D eigenvalue weighted by molar-refractivity contribution is 0.376. The van der Waals surface area contributed by atoms with Gasteiger partial charge >= 0.3 is 0 Å². The molecule has 0 atom stereocenters. The number of fused-ring (bicyclic) bond motifs is 1. The van der Waals surface area contributed by atoms with Crippen LogP contribution in [0.15, 0.2) is 29.3 Å². The smallest absolute Gasteiger partial charge is 0.193 e. The van der Waals surface area contributed by atoms with Gasteiger partial charge in [0.15, 0.2) is 5.96 Å². The number of nitrogens with zero attached hydrogens (tertiary/aromatic N) is 2. The van der Waals surface area contributed by atoms with Gasteiger partial charge in [0.1, 0.15) is 0 Å². The number of aromatic amines is 1. The van der Waals surface area contributed by atoms with Crippen LogP contribution in [0.1, 0.15) is 25.1 Å². The molecule has 3 rings (SSSR count). The molecule has 4 nitrogen and oxygen atoms in total. The SMILES string of the molecule is CN=C(NCCc1c(C)[nH]c2ccccc12)N1CCSC(C)(C)C1.I. The third-order valence-electron chi connectivity index (χ3n) is 4.62. The zero-order chi connectivity index (χ0) is 17.2. The van der Waals surface area contributed by atoms with Gasteiger partial charge in [-0.2, -0.15) is 11.8 Å². The second-order valence-electron chi connectivity index (χ2n) is 7.03. The molecule has 1 aliphatic rings. The third kappa shape index (κ3) is 4.84. The predicted octanol–water partition coefficient (Wildman–Crippen LogP) is 4.04. The zero-order valence-corrected chi connectivity index (χ0v) is 18.7. The standard InChI is InChI=1S/C19H28N4S.HI/c1-14-15(16-7-5-6-8-17(16)22-14)9-10-21-18(20-4)23-11-12-24-19(2,3)13-23;/h5-8,22H,9-13H2,1-4H3,(H,20,21);1H. The van der Waals surface area contributed by atoms with Crippen molar-refractivity contribution in [3.8, 4) is 0 Å². The van der Waals surface area contributed by atoms with E-state index in [9.17, 15) is 0 Å². The van der Waals surface area contributed by atoms with Crippen LogP contribution in [0.5, 0.6) is 0 Å². The van der Waals surface area contributed by atoms with E-state index in [4.69, 9.17) is 0 Å². The summed E-state index contributed by atoms with van der Waals surface area (Å²) in [5.41, 5.74) is 3.90. The number of thioether (sulfide) groups is 1. The molecule has 2 N–H and O–H groups in total. The number of hydrogen-bond acceptors (Lipinski definition) is 2. The quantitative estimate of drug-likeness (QED) is 0.403. The number of rotatable bonds is 3. The normalized spacial score (nSPS) is 17.4. The molecule has 1 aromatic heterocycles. The fourth-order valence-corrected chi connectivity index (χ4v) is 4.60. The van der Waals surface area contributed by atoms with Crippen LogP contribution in [0.4, 0.5) is 0 Å². The summed E-state index contributed by atoms with van der Waals surface area (Å²) >= 11 is 2.05. The Bertz CT molecular complexity index is 738. The monoisotopic (exact) mass is 472 g/mol. The van der Waals surface area contributed by atoms with Crippen molar-refractivity contribution in [2.75, 3.05) is 32.4 Å². The fourth-order valence-electron chi connectivity index (χ4n) is 3.49. The molecule has 2 heterocycles. The Labute approximate surface area is 172 Å². The molecule has 138 valence electrons. The summed E-state index contributed by atoms with van der Waals surface area (Å²) in [6.45, 7) is 9.80. The minimum atomic E-state index is 0. The highest BCUT2D eigenvalue weighted by Crippen LogP contribution is 2.29. The van der Waals surface area contributed by atoms with Crippen molar-refractivity contribution in [3.05, 3.63) is 35.5 Å². The summed E-state index contributed by atoms with van der Waals surface area (Å²) in [6.07, 6.45) is 1.00. The first kappa shape index (κ1) is 20.4. The maximum atomic E-state index is 4.50. The van der Waals surface area contributed by atoms with Crippen molar-refractivity contribution in [2.45, 2.75) is 31.9 Å². The van der Waals surface area contributed by atoms with Crippen LogP contribution < -0.4 is 5.32 Å². The second-order valence-corrected chi connectivity index (χ2v) is 8.83. The van der Waals surface area contributed by atoms with Gasteiger partial charge in [-0.15, -0.1) is 24.0 Å². The highest BCUT2D eigenvalue weighted by Gasteiger charge is 2.28. The summed E-state index contributed by atoms with van der Waals surface area (Å²) in [4.78, 5) is 10.4. The Morgan fingerprint density at radius 1 is 1.36 bits per heavy atom. The molecule has 2 aromatic rings. The summed E-state index contributed by atoms with van der Waals surface area (Å²) in [5, 5.41) is 4.90. The number of aryl methyl sites for hydroxylation is 1. The number of aliphatic imine (C=N–C) groups is 1. The summed E-state index contributed by atoms with van der Waals surface area (Å²) < 4.78 is 0.295.